The van der Waals surface area contributed by atoms with Crippen molar-refractivity contribution in [2.45, 2.75) is 13.0 Å². The van der Waals surface area contributed by atoms with Gasteiger partial charge in [-0.2, -0.15) is 0 Å². The molecule has 0 spiro atoms. The van der Waals surface area contributed by atoms with E-state index in [0.29, 0.717) is 28.4 Å². The minimum atomic E-state index is -0.595. The lowest BCUT2D eigenvalue weighted by atomic mass is 10.1. The summed E-state index contributed by atoms with van der Waals surface area (Å²) in [6.07, 6.45) is 0. The molecule has 3 aromatic carbocycles. The second kappa shape index (κ2) is 9.22. The number of fused-ring (bicyclic) bond motifs is 1. The van der Waals surface area contributed by atoms with E-state index in [9.17, 15) is 14.4 Å². The average molecular weight is 429 g/mol. The van der Waals surface area contributed by atoms with E-state index in [-0.39, 0.29) is 24.4 Å². The number of para-hydroxylation sites is 3. The number of hydrogen-bond acceptors (Lipinski definition) is 4. The van der Waals surface area contributed by atoms with E-state index in [4.69, 9.17) is 0 Å². The second-order valence-electron chi connectivity index (χ2n) is 7.38. The number of nitrogens with one attached hydrogen (secondary N) is 4. The van der Waals surface area contributed by atoms with Crippen molar-refractivity contribution < 1.29 is 14.4 Å². The SMILES string of the molecule is C[C@@H](Nc1cccc(NC(=O)Nc2ccccc2)c1)C(=O)N1CC(=O)Nc2ccccc21. The van der Waals surface area contributed by atoms with E-state index in [2.05, 4.69) is 21.3 Å². The van der Waals surface area contributed by atoms with E-state index in [0.717, 1.165) is 0 Å². The molecule has 3 aromatic rings. The van der Waals surface area contributed by atoms with Gasteiger partial charge in [-0.3, -0.25) is 14.5 Å². The maximum atomic E-state index is 13.1. The second-order valence-corrected chi connectivity index (χ2v) is 7.38. The van der Waals surface area contributed by atoms with Gasteiger partial charge in [0.15, 0.2) is 0 Å². The maximum Gasteiger partial charge on any atom is 0.323 e. The average Bonchev–Trinajstić information content (AvgIpc) is 2.78. The minimum absolute atomic E-state index is 0.0386. The fraction of sp³-hybridized carbons (Fsp3) is 0.125. The zero-order valence-electron chi connectivity index (χ0n) is 17.5. The van der Waals surface area contributed by atoms with Crippen molar-refractivity contribution in [3.05, 3.63) is 78.9 Å². The Bertz CT molecular complexity index is 1150. The number of nitrogens with zero attached hydrogens (tertiary/aromatic N) is 1. The summed E-state index contributed by atoms with van der Waals surface area (Å²) in [5.41, 5.74) is 3.20. The number of amides is 4. The Hall–Kier alpha value is -4.33. The number of rotatable bonds is 5. The Kier molecular flexibility index (Phi) is 6.03. The van der Waals surface area contributed by atoms with E-state index in [1.165, 1.54) is 4.90 Å². The van der Waals surface area contributed by atoms with Crippen molar-refractivity contribution in [1.29, 1.82) is 0 Å². The minimum Gasteiger partial charge on any atom is -0.374 e. The van der Waals surface area contributed by atoms with Gasteiger partial charge in [0.05, 0.1) is 11.4 Å². The van der Waals surface area contributed by atoms with Gasteiger partial charge < -0.3 is 21.3 Å². The van der Waals surface area contributed by atoms with Crippen LogP contribution in [-0.2, 0) is 9.59 Å². The molecule has 1 aliphatic rings. The molecule has 4 amide bonds. The van der Waals surface area contributed by atoms with Crippen molar-refractivity contribution in [2.24, 2.45) is 0 Å². The summed E-state index contributed by atoms with van der Waals surface area (Å²) in [6, 6.07) is 22.5. The highest BCUT2D eigenvalue weighted by molar-refractivity contribution is 6.11. The highest BCUT2D eigenvalue weighted by Crippen LogP contribution is 2.29. The van der Waals surface area contributed by atoms with E-state index >= 15 is 0 Å². The van der Waals surface area contributed by atoms with Crippen molar-refractivity contribution in [3.63, 3.8) is 0 Å². The fourth-order valence-electron chi connectivity index (χ4n) is 3.48. The van der Waals surface area contributed by atoms with Crippen LogP contribution in [0.5, 0.6) is 0 Å². The molecule has 1 heterocycles. The first-order chi connectivity index (χ1) is 15.5. The van der Waals surface area contributed by atoms with Gasteiger partial charge in [0.25, 0.3) is 0 Å². The van der Waals surface area contributed by atoms with Gasteiger partial charge in [0.2, 0.25) is 11.8 Å². The third-order valence-corrected chi connectivity index (χ3v) is 4.94. The summed E-state index contributed by atoms with van der Waals surface area (Å²) in [5.74, 6) is -0.465. The van der Waals surface area contributed by atoms with Gasteiger partial charge in [-0.1, -0.05) is 36.4 Å². The molecule has 0 saturated heterocycles. The van der Waals surface area contributed by atoms with Crippen LogP contribution >= 0.6 is 0 Å². The van der Waals surface area contributed by atoms with Crippen molar-refractivity contribution in [1.82, 2.24) is 0 Å². The third kappa shape index (κ3) is 4.86. The summed E-state index contributed by atoms with van der Waals surface area (Å²) in [7, 11) is 0. The van der Waals surface area contributed by atoms with Gasteiger partial charge in [0, 0.05) is 17.1 Å². The molecule has 0 radical (unpaired) electrons. The molecule has 0 saturated carbocycles. The molecular formula is C24H23N5O3. The number of carbonyl (C=O) groups excluding carboxylic acids is 3. The predicted octanol–water partition coefficient (Wildman–Crippen LogP) is 4.12. The summed E-state index contributed by atoms with van der Waals surface area (Å²) in [5, 5.41) is 11.5. The fourth-order valence-corrected chi connectivity index (χ4v) is 3.48. The summed E-state index contributed by atoms with van der Waals surface area (Å²) >= 11 is 0. The summed E-state index contributed by atoms with van der Waals surface area (Å²) in [4.78, 5) is 38.8. The molecule has 162 valence electrons. The summed E-state index contributed by atoms with van der Waals surface area (Å²) < 4.78 is 0. The number of hydrogen-bond donors (Lipinski definition) is 4. The smallest absolute Gasteiger partial charge is 0.323 e. The summed E-state index contributed by atoms with van der Waals surface area (Å²) in [6.45, 7) is 1.70. The molecule has 0 bridgehead atoms. The topological polar surface area (TPSA) is 103 Å². The Morgan fingerprint density at radius 3 is 2.34 bits per heavy atom. The van der Waals surface area contributed by atoms with Gasteiger partial charge in [-0.05, 0) is 49.4 Å². The molecule has 4 N–H and O–H groups in total. The van der Waals surface area contributed by atoms with Crippen LogP contribution in [-0.4, -0.2) is 30.4 Å². The molecular weight excluding hydrogens is 406 g/mol. The normalized spacial score (nSPS) is 13.4. The quantitative estimate of drug-likeness (QED) is 0.490. The van der Waals surface area contributed by atoms with E-state index in [1.807, 2.05) is 24.3 Å². The van der Waals surface area contributed by atoms with Crippen LogP contribution in [0.2, 0.25) is 0 Å². The predicted molar refractivity (Wildman–Crippen MR) is 126 cm³/mol. The van der Waals surface area contributed by atoms with Crippen molar-refractivity contribution >= 4 is 46.3 Å². The Morgan fingerprint density at radius 1 is 0.875 bits per heavy atom. The van der Waals surface area contributed by atoms with E-state index < -0.39 is 6.04 Å². The maximum absolute atomic E-state index is 13.1. The molecule has 4 rings (SSSR count). The Labute approximate surface area is 185 Å². The van der Waals surface area contributed by atoms with Crippen LogP contribution in [0, 0.1) is 0 Å². The molecule has 8 nitrogen and oxygen atoms in total. The number of urea groups is 1. The van der Waals surface area contributed by atoms with Gasteiger partial charge >= 0.3 is 6.03 Å². The van der Waals surface area contributed by atoms with Gasteiger partial charge in [0.1, 0.15) is 12.6 Å². The molecule has 0 aliphatic carbocycles. The molecule has 0 fully saturated rings. The Balaban J connectivity index is 1.41. The van der Waals surface area contributed by atoms with Crippen LogP contribution in [0.3, 0.4) is 0 Å². The van der Waals surface area contributed by atoms with Crippen molar-refractivity contribution in [3.8, 4) is 0 Å². The van der Waals surface area contributed by atoms with Crippen molar-refractivity contribution in [2.75, 3.05) is 32.7 Å². The van der Waals surface area contributed by atoms with Crippen LogP contribution in [0.4, 0.5) is 33.2 Å². The highest BCUT2D eigenvalue weighted by atomic mass is 16.2. The lowest BCUT2D eigenvalue weighted by molar-refractivity contribution is -0.122. The first-order valence-corrected chi connectivity index (χ1v) is 10.2. The van der Waals surface area contributed by atoms with Gasteiger partial charge in [-0.25, -0.2) is 4.79 Å². The number of anilines is 5. The number of carbonyl (C=O) groups is 3. The molecule has 1 atom stereocenters. The third-order valence-electron chi connectivity index (χ3n) is 4.94. The van der Waals surface area contributed by atoms with Crippen LogP contribution < -0.4 is 26.2 Å². The van der Waals surface area contributed by atoms with Crippen LogP contribution in [0.25, 0.3) is 0 Å². The number of benzene rings is 3. The molecule has 0 unspecified atom stereocenters. The standard InChI is InChI=1S/C24H23N5O3/c1-16(23(31)29-15-22(30)28-20-12-5-6-13-21(20)29)25-18-10-7-11-19(14-18)27-24(32)26-17-8-3-2-4-9-17/h2-14,16,25H,15H2,1H3,(H,28,30)(H2,26,27,32)/t16-/m1/s1. The van der Waals surface area contributed by atoms with Gasteiger partial charge in [-0.15, -0.1) is 0 Å². The monoisotopic (exact) mass is 429 g/mol. The lowest BCUT2D eigenvalue weighted by Crippen LogP contribution is -2.47. The molecule has 1 aliphatic heterocycles. The van der Waals surface area contributed by atoms with Crippen LogP contribution in [0.15, 0.2) is 78.9 Å². The largest absolute Gasteiger partial charge is 0.374 e. The molecule has 0 aromatic heterocycles. The highest BCUT2D eigenvalue weighted by Gasteiger charge is 2.29. The Morgan fingerprint density at radius 2 is 1.53 bits per heavy atom. The molecule has 8 heteroatoms. The zero-order chi connectivity index (χ0) is 22.5. The van der Waals surface area contributed by atoms with Crippen LogP contribution in [0.1, 0.15) is 6.92 Å². The first-order valence-electron chi connectivity index (χ1n) is 10.2. The molecule has 32 heavy (non-hydrogen) atoms. The van der Waals surface area contributed by atoms with E-state index in [1.54, 1.807) is 61.5 Å². The first kappa shape index (κ1) is 20.9. The lowest BCUT2D eigenvalue weighted by Gasteiger charge is -2.31. The zero-order valence-corrected chi connectivity index (χ0v) is 17.5.